The monoisotopic (exact) mass is 302 g/mol. The predicted molar refractivity (Wildman–Crippen MR) is 80.8 cm³/mol. The highest BCUT2D eigenvalue weighted by molar-refractivity contribution is 5.95. The molecule has 0 aromatic rings. The molecule has 0 saturated heterocycles. The highest BCUT2D eigenvalue weighted by atomic mass is 16.3. The van der Waals surface area contributed by atoms with Crippen molar-refractivity contribution in [1.82, 2.24) is 0 Å². The first-order chi connectivity index (χ1) is 9.31. The third kappa shape index (κ3) is 6.24. The summed E-state index contributed by atoms with van der Waals surface area (Å²) in [4.78, 5) is 23.7. The zero-order valence-corrected chi connectivity index (χ0v) is 14.0. The molecule has 0 aromatic heterocycles. The van der Waals surface area contributed by atoms with Crippen LogP contribution in [-0.4, -0.2) is 44.7 Å². The molecule has 21 heavy (non-hydrogen) atoms. The largest absolute Gasteiger partial charge is 0.390 e. The van der Waals surface area contributed by atoms with Crippen LogP contribution in [0.5, 0.6) is 0 Å². The van der Waals surface area contributed by atoms with Crippen LogP contribution in [0.25, 0.3) is 0 Å². The number of ketones is 2. The van der Waals surface area contributed by atoms with Gasteiger partial charge in [-0.05, 0) is 25.7 Å². The molecule has 0 bridgehead atoms. The van der Waals surface area contributed by atoms with Gasteiger partial charge in [-0.1, -0.05) is 34.6 Å². The van der Waals surface area contributed by atoms with Gasteiger partial charge in [0.25, 0.3) is 0 Å². The first kappa shape index (κ1) is 20.2. The van der Waals surface area contributed by atoms with Crippen molar-refractivity contribution in [3.05, 3.63) is 0 Å². The molecule has 124 valence electrons. The SMILES string of the molecule is CC(=O)CC(O)(CCC(O)C(O)C(C)C)C(=O)C(C)(C)C. The van der Waals surface area contributed by atoms with Crippen molar-refractivity contribution >= 4 is 11.6 Å². The lowest BCUT2D eigenvalue weighted by Gasteiger charge is -2.33. The minimum absolute atomic E-state index is 0.0480. The van der Waals surface area contributed by atoms with Crippen LogP contribution in [0.1, 0.15) is 60.8 Å². The molecule has 0 radical (unpaired) electrons. The lowest BCUT2D eigenvalue weighted by atomic mass is 9.75. The summed E-state index contributed by atoms with van der Waals surface area (Å²) < 4.78 is 0. The number of Topliss-reactive ketones (excluding diaryl/α,β-unsaturated/α-hetero) is 2. The van der Waals surface area contributed by atoms with Crippen molar-refractivity contribution in [2.24, 2.45) is 11.3 Å². The Morgan fingerprint density at radius 1 is 1.10 bits per heavy atom. The van der Waals surface area contributed by atoms with Crippen molar-refractivity contribution in [1.29, 1.82) is 0 Å². The van der Waals surface area contributed by atoms with Crippen LogP contribution in [0.3, 0.4) is 0 Å². The van der Waals surface area contributed by atoms with Gasteiger partial charge < -0.3 is 15.3 Å². The quantitative estimate of drug-likeness (QED) is 0.631. The van der Waals surface area contributed by atoms with Crippen LogP contribution in [0.2, 0.25) is 0 Å². The van der Waals surface area contributed by atoms with E-state index < -0.39 is 29.0 Å². The molecule has 0 aliphatic heterocycles. The summed E-state index contributed by atoms with van der Waals surface area (Å²) in [5.41, 5.74) is -2.58. The molecular weight excluding hydrogens is 272 g/mol. The number of carbonyl (C=O) groups excluding carboxylic acids is 2. The second-order valence-electron chi connectivity index (χ2n) is 7.33. The summed E-state index contributed by atoms with van der Waals surface area (Å²) in [5, 5.41) is 30.3. The van der Waals surface area contributed by atoms with Gasteiger partial charge in [0.15, 0.2) is 5.78 Å². The Balaban J connectivity index is 5.02. The third-order valence-electron chi connectivity index (χ3n) is 3.58. The van der Waals surface area contributed by atoms with Crippen LogP contribution in [0.15, 0.2) is 0 Å². The van der Waals surface area contributed by atoms with E-state index in [1.54, 1.807) is 34.6 Å². The van der Waals surface area contributed by atoms with E-state index in [1.807, 2.05) is 0 Å². The number of carbonyl (C=O) groups is 2. The maximum atomic E-state index is 12.4. The molecule has 0 saturated carbocycles. The summed E-state index contributed by atoms with van der Waals surface area (Å²) in [6.45, 7) is 9.91. The van der Waals surface area contributed by atoms with Gasteiger partial charge in [-0.2, -0.15) is 0 Å². The van der Waals surface area contributed by atoms with Gasteiger partial charge in [0.05, 0.1) is 12.2 Å². The fourth-order valence-corrected chi connectivity index (χ4v) is 2.39. The average molecular weight is 302 g/mol. The van der Waals surface area contributed by atoms with Crippen molar-refractivity contribution in [2.75, 3.05) is 0 Å². The van der Waals surface area contributed by atoms with E-state index in [2.05, 4.69) is 0 Å². The summed E-state index contributed by atoms with van der Waals surface area (Å²) in [6, 6.07) is 0. The standard InChI is InChI=1S/C16H30O5/c1-10(2)13(19)12(18)7-8-16(21,9-11(3)17)14(20)15(4,5)6/h10,12-13,18-19,21H,7-9H2,1-6H3. The highest BCUT2D eigenvalue weighted by Crippen LogP contribution is 2.30. The molecule has 0 rings (SSSR count). The first-order valence-corrected chi connectivity index (χ1v) is 7.44. The third-order valence-corrected chi connectivity index (χ3v) is 3.58. The van der Waals surface area contributed by atoms with E-state index >= 15 is 0 Å². The number of aliphatic hydroxyl groups excluding tert-OH is 2. The summed E-state index contributed by atoms with van der Waals surface area (Å²) in [6.07, 6.45) is -2.21. The first-order valence-electron chi connectivity index (χ1n) is 7.44. The Kier molecular flexibility index (Phi) is 7.20. The maximum absolute atomic E-state index is 12.4. The van der Waals surface area contributed by atoms with Crippen LogP contribution in [0.4, 0.5) is 0 Å². The van der Waals surface area contributed by atoms with Gasteiger partial charge in [-0.3, -0.25) is 9.59 Å². The zero-order valence-electron chi connectivity index (χ0n) is 14.0. The maximum Gasteiger partial charge on any atom is 0.170 e. The molecule has 0 heterocycles. The van der Waals surface area contributed by atoms with Gasteiger partial charge in [0.2, 0.25) is 0 Å². The zero-order chi connectivity index (χ0) is 17.0. The molecule has 5 nitrogen and oxygen atoms in total. The summed E-state index contributed by atoms with van der Waals surface area (Å²) in [5.74, 6) is -0.829. The van der Waals surface area contributed by atoms with Crippen LogP contribution in [-0.2, 0) is 9.59 Å². The lowest BCUT2D eigenvalue weighted by molar-refractivity contribution is -0.151. The van der Waals surface area contributed by atoms with E-state index in [0.29, 0.717) is 0 Å². The van der Waals surface area contributed by atoms with Gasteiger partial charge in [0, 0.05) is 11.8 Å². The van der Waals surface area contributed by atoms with E-state index in [9.17, 15) is 24.9 Å². The van der Waals surface area contributed by atoms with Crippen molar-refractivity contribution in [2.45, 2.75) is 78.6 Å². The molecule has 0 spiro atoms. The topological polar surface area (TPSA) is 94.8 Å². The van der Waals surface area contributed by atoms with Gasteiger partial charge >= 0.3 is 0 Å². The molecule has 3 unspecified atom stereocenters. The summed E-state index contributed by atoms with van der Waals surface area (Å²) in [7, 11) is 0. The molecule has 3 atom stereocenters. The van der Waals surface area contributed by atoms with Gasteiger partial charge in [0.1, 0.15) is 11.4 Å². The van der Waals surface area contributed by atoms with Crippen molar-refractivity contribution in [3.8, 4) is 0 Å². The minimum atomic E-state index is -1.79. The Labute approximate surface area is 127 Å². The van der Waals surface area contributed by atoms with Gasteiger partial charge in [-0.15, -0.1) is 0 Å². The van der Waals surface area contributed by atoms with Crippen molar-refractivity contribution < 1.29 is 24.9 Å². The molecule has 3 N–H and O–H groups in total. The Morgan fingerprint density at radius 2 is 1.57 bits per heavy atom. The van der Waals surface area contributed by atoms with E-state index in [-0.39, 0.29) is 31.0 Å². The van der Waals surface area contributed by atoms with Crippen LogP contribution >= 0.6 is 0 Å². The molecule has 0 amide bonds. The Morgan fingerprint density at radius 3 is 1.90 bits per heavy atom. The Hall–Kier alpha value is -0.780. The highest BCUT2D eigenvalue weighted by Gasteiger charge is 2.43. The smallest absolute Gasteiger partial charge is 0.170 e. The summed E-state index contributed by atoms with van der Waals surface area (Å²) >= 11 is 0. The fraction of sp³-hybridized carbons (Fsp3) is 0.875. The average Bonchev–Trinajstić information content (AvgIpc) is 2.31. The molecule has 0 aliphatic carbocycles. The molecule has 0 fully saturated rings. The number of rotatable bonds is 8. The molecule has 0 aliphatic rings. The normalized spacial score (nSPS) is 18.2. The fourth-order valence-electron chi connectivity index (χ4n) is 2.39. The molecular formula is C16H30O5. The van der Waals surface area contributed by atoms with E-state index in [1.165, 1.54) is 6.92 Å². The number of hydrogen-bond acceptors (Lipinski definition) is 5. The molecule has 5 heteroatoms. The van der Waals surface area contributed by atoms with Crippen molar-refractivity contribution in [3.63, 3.8) is 0 Å². The second-order valence-corrected chi connectivity index (χ2v) is 7.33. The number of aliphatic hydroxyl groups is 3. The second kappa shape index (κ2) is 7.47. The van der Waals surface area contributed by atoms with Crippen LogP contribution in [0, 0.1) is 11.3 Å². The lowest BCUT2D eigenvalue weighted by Crippen LogP contribution is -2.47. The van der Waals surface area contributed by atoms with E-state index in [0.717, 1.165) is 0 Å². The van der Waals surface area contributed by atoms with Crippen LogP contribution < -0.4 is 0 Å². The minimum Gasteiger partial charge on any atom is -0.390 e. The number of hydrogen-bond donors (Lipinski definition) is 3. The molecule has 0 aromatic carbocycles. The van der Waals surface area contributed by atoms with Gasteiger partial charge in [-0.25, -0.2) is 0 Å². The predicted octanol–water partition coefficient (Wildman–Crippen LogP) is 1.47. The van der Waals surface area contributed by atoms with E-state index in [4.69, 9.17) is 0 Å². The Bertz CT molecular complexity index is 369.